The average molecular weight is 359 g/mol. The van der Waals surface area contributed by atoms with Crippen LogP contribution in [0.5, 0.6) is 0 Å². The van der Waals surface area contributed by atoms with Gasteiger partial charge in [-0.15, -0.1) is 0 Å². The Morgan fingerprint density at radius 2 is 2.27 bits per heavy atom. The smallest absolute Gasteiger partial charge is 0.250 e. The van der Waals surface area contributed by atoms with Gasteiger partial charge in [0.05, 0.1) is 24.7 Å². The number of aromatic amines is 1. The Morgan fingerprint density at radius 3 is 3.00 bits per heavy atom. The number of amides is 1. The summed E-state index contributed by atoms with van der Waals surface area (Å²) in [6.45, 7) is 3.73. The van der Waals surface area contributed by atoms with Crippen LogP contribution in [0.4, 0.5) is 0 Å². The summed E-state index contributed by atoms with van der Waals surface area (Å²) >= 11 is 0. The van der Waals surface area contributed by atoms with Crippen molar-refractivity contribution >= 4 is 5.91 Å². The molecule has 2 aromatic heterocycles. The summed E-state index contributed by atoms with van der Waals surface area (Å²) in [6, 6.07) is 1.50. The molecule has 0 saturated carbocycles. The molecule has 0 unspecified atom stereocenters. The Balaban J connectivity index is 1.48. The van der Waals surface area contributed by atoms with Crippen LogP contribution in [-0.4, -0.2) is 56.4 Å². The summed E-state index contributed by atoms with van der Waals surface area (Å²) in [7, 11) is 1.89. The molecule has 2 aromatic rings. The minimum Gasteiger partial charge on any atom is -0.375 e. The molecule has 3 heterocycles. The van der Waals surface area contributed by atoms with Crippen LogP contribution in [0.2, 0.25) is 0 Å². The summed E-state index contributed by atoms with van der Waals surface area (Å²) in [5.74, 6) is 0.149. The van der Waals surface area contributed by atoms with Gasteiger partial charge in [0.2, 0.25) is 5.91 Å². The Kier molecular flexibility index (Phi) is 5.82. The van der Waals surface area contributed by atoms with E-state index in [0.717, 1.165) is 23.4 Å². The number of ether oxygens (including phenoxy) is 1. The highest BCUT2D eigenvalue weighted by Crippen LogP contribution is 2.14. The molecule has 0 spiro atoms. The number of hydrogen-bond donors (Lipinski definition) is 1. The van der Waals surface area contributed by atoms with E-state index in [1.165, 1.54) is 12.4 Å². The van der Waals surface area contributed by atoms with Crippen LogP contribution in [0.25, 0.3) is 0 Å². The van der Waals surface area contributed by atoms with E-state index in [4.69, 9.17) is 4.74 Å². The van der Waals surface area contributed by atoms with Crippen molar-refractivity contribution in [2.45, 2.75) is 38.7 Å². The largest absolute Gasteiger partial charge is 0.375 e. The van der Waals surface area contributed by atoms with E-state index in [1.807, 2.05) is 25.1 Å². The van der Waals surface area contributed by atoms with Gasteiger partial charge in [-0.1, -0.05) is 0 Å². The lowest BCUT2D eigenvalue weighted by Gasteiger charge is -2.33. The highest BCUT2D eigenvalue weighted by Gasteiger charge is 2.24. The Bertz CT molecular complexity index is 813. The average Bonchev–Trinajstić information content (AvgIpc) is 2.95. The summed E-state index contributed by atoms with van der Waals surface area (Å²) in [5, 5.41) is 4.31. The van der Waals surface area contributed by atoms with Gasteiger partial charge >= 0.3 is 0 Å². The van der Waals surface area contributed by atoms with Gasteiger partial charge in [0.25, 0.3) is 5.56 Å². The van der Waals surface area contributed by atoms with Gasteiger partial charge in [-0.05, 0) is 31.7 Å². The molecule has 1 aliphatic rings. The molecule has 0 aliphatic carbocycles. The predicted molar refractivity (Wildman–Crippen MR) is 95.8 cm³/mol. The van der Waals surface area contributed by atoms with Crippen LogP contribution in [0.1, 0.15) is 29.8 Å². The second-order valence-electron chi connectivity index (χ2n) is 6.69. The third-order valence-electron chi connectivity index (χ3n) is 4.67. The number of nitrogens with one attached hydrogen (secondary N) is 1. The van der Waals surface area contributed by atoms with E-state index in [9.17, 15) is 9.59 Å². The molecule has 1 atom stereocenters. The zero-order chi connectivity index (χ0) is 18.5. The van der Waals surface area contributed by atoms with Crippen molar-refractivity contribution in [3.05, 3.63) is 45.9 Å². The van der Waals surface area contributed by atoms with Crippen molar-refractivity contribution in [3.8, 4) is 0 Å². The maximum Gasteiger partial charge on any atom is 0.250 e. The monoisotopic (exact) mass is 359 g/mol. The first-order chi connectivity index (χ1) is 12.5. The molecule has 1 amide bonds. The number of nitrogens with zero attached hydrogens (tertiary/aromatic N) is 4. The summed E-state index contributed by atoms with van der Waals surface area (Å²) in [5.41, 5.74) is 2.69. The van der Waals surface area contributed by atoms with Gasteiger partial charge < -0.3 is 14.6 Å². The molecule has 1 fully saturated rings. The quantitative estimate of drug-likeness (QED) is 0.815. The number of H-pyrrole nitrogens is 1. The summed E-state index contributed by atoms with van der Waals surface area (Å²) in [4.78, 5) is 32.4. The minimum atomic E-state index is -0.151. The van der Waals surface area contributed by atoms with E-state index in [0.29, 0.717) is 39.0 Å². The second-order valence-corrected chi connectivity index (χ2v) is 6.69. The fraction of sp³-hybridized carbons (Fsp3) is 0.556. The number of aryl methyl sites for hydroxylation is 4. The fourth-order valence-electron chi connectivity index (χ4n) is 3.27. The van der Waals surface area contributed by atoms with Crippen molar-refractivity contribution in [2.24, 2.45) is 7.05 Å². The molecule has 0 aromatic carbocycles. The third-order valence-corrected chi connectivity index (χ3v) is 4.67. The molecule has 8 heteroatoms. The zero-order valence-electron chi connectivity index (χ0n) is 15.3. The van der Waals surface area contributed by atoms with Crippen molar-refractivity contribution in [2.75, 3.05) is 19.7 Å². The second kappa shape index (κ2) is 8.27. The third kappa shape index (κ3) is 4.78. The Morgan fingerprint density at radius 1 is 1.42 bits per heavy atom. The first-order valence-corrected chi connectivity index (χ1v) is 8.93. The summed E-state index contributed by atoms with van der Waals surface area (Å²) < 4.78 is 7.55. The molecule has 1 saturated heterocycles. The van der Waals surface area contributed by atoms with E-state index in [1.54, 1.807) is 4.68 Å². The molecule has 140 valence electrons. The highest BCUT2D eigenvalue weighted by molar-refractivity contribution is 5.76. The van der Waals surface area contributed by atoms with Gasteiger partial charge in [0.1, 0.15) is 0 Å². The van der Waals surface area contributed by atoms with Gasteiger partial charge in [0, 0.05) is 44.5 Å². The number of carbonyl (C=O) groups excluding carboxylic acids is 1. The molecule has 26 heavy (non-hydrogen) atoms. The standard InChI is InChI=1S/C18H25N5O3/c1-13-14(10-22(2)21-13)3-6-18(25)23-7-8-26-16(11-23)5-4-15-9-17(24)20-12-19-15/h9-10,12,16H,3-8,11H2,1-2H3,(H,19,20,24)/t16-/m0/s1. The fourth-order valence-corrected chi connectivity index (χ4v) is 3.27. The molecule has 8 nitrogen and oxygen atoms in total. The van der Waals surface area contributed by atoms with Crippen molar-refractivity contribution in [3.63, 3.8) is 0 Å². The lowest BCUT2D eigenvalue weighted by molar-refractivity contribution is -0.138. The van der Waals surface area contributed by atoms with Crippen LogP contribution in [0, 0.1) is 6.92 Å². The summed E-state index contributed by atoms with van der Waals surface area (Å²) in [6.07, 6.45) is 5.95. The van der Waals surface area contributed by atoms with Crippen molar-refractivity contribution < 1.29 is 9.53 Å². The van der Waals surface area contributed by atoms with Crippen LogP contribution < -0.4 is 5.56 Å². The van der Waals surface area contributed by atoms with Crippen LogP contribution >= 0.6 is 0 Å². The van der Waals surface area contributed by atoms with Crippen LogP contribution in [0.15, 0.2) is 23.4 Å². The van der Waals surface area contributed by atoms with E-state index in [2.05, 4.69) is 15.1 Å². The van der Waals surface area contributed by atoms with Gasteiger partial charge in [-0.3, -0.25) is 14.3 Å². The molecule has 1 aliphatic heterocycles. The molecule has 0 bridgehead atoms. The topological polar surface area (TPSA) is 93.1 Å². The van der Waals surface area contributed by atoms with Crippen LogP contribution in [-0.2, 0) is 29.4 Å². The normalized spacial score (nSPS) is 17.5. The zero-order valence-corrected chi connectivity index (χ0v) is 15.3. The Labute approximate surface area is 152 Å². The lowest BCUT2D eigenvalue weighted by atomic mass is 10.1. The predicted octanol–water partition coefficient (Wildman–Crippen LogP) is 0.605. The van der Waals surface area contributed by atoms with E-state index < -0.39 is 0 Å². The Hall–Kier alpha value is -2.48. The molecular weight excluding hydrogens is 334 g/mol. The van der Waals surface area contributed by atoms with E-state index in [-0.39, 0.29) is 17.6 Å². The highest BCUT2D eigenvalue weighted by atomic mass is 16.5. The lowest BCUT2D eigenvalue weighted by Crippen LogP contribution is -2.45. The van der Waals surface area contributed by atoms with E-state index >= 15 is 0 Å². The molecule has 0 radical (unpaired) electrons. The first-order valence-electron chi connectivity index (χ1n) is 8.93. The number of hydrogen-bond acceptors (Lipinski definition) is 5. The minimum absolute atomic E-state index is 0.0195. The number of morpholine rings is 1. The van der Waals surface area contributed by atoms with Crippen molar-refractivity contribution in [1.29, 1.82) is 0 Å². The number of rotatable bonds is 6. The van der Waals surface area contributed by atoms with Gasteiger partial charge in [-0.2, -0.15) is 5.10 Å². The van der Waals surface area contributed by atoms with Crippen molar-refractivity contribution in [1.82, 2.24) is 24.6 Å². The molecular formula is C18H25N5O3. The SMILES string of the molecule is Cc1nn(C)cc1CCC(=O)N1CCO[C@@H](CCc2cc(=O)[nH]cn2)C1. The van der Waals surface area contributed by atoms with Gasteiger partial charge in [0.15, 0.2) is 0 Å². The van der Waals surface area contributed by atoms with Gasteiger partial charge in [-0.25, -0.2) is 4.98 Å². The molecule has 1 N–H and O–H groups in total. The maximum atomic E-state index is 12.5. The first kappa shape index (κ1) is 18.3. The molecule has 3 rings (SSSR count). The maximum absolute atomic E-state index is 12.5. The number of carbonyl (C=O) groups is 1. The number of aromatic nitrogens is 4. The van der Waals surface area contributed by atoms with Crippen LogP contribution in [0.3, 0.4) is 0 Å².